The number of benzene rings is 2. The van der Waals surface area contributed by atoms with Crippen molar-refractivity contribution in [3.63, 3.8) is 0 Å². The van der Waals surface area contributed by atoms with Crippen LogP contribution in [0.25, 0.3) is 0 Å². The van der Waals surface area contributed by atoms with Gasteiger partial charge in [-0.3, -0.25) is 0 Å². The number of hydrogen-bond donors (Lipinski definition) is 0. The van der Waals surface area contributed by atoms with Crippen molar-refractivity contribution in [3.05, 3.63) is 77.2 Å². The minimum absolute atomic E-state index is 0.0559. The van der Waals surface area contributed by atoms with E-state index in [1.165, 1.54) is 12.1 Å². The number of thioether (sulfide) groups is 1. The van der Waals surface area contributed by atoms with Crippen molar-refractivity contribution < 1.29 is 17.9 Å². The van der Waals surface area contributed by atoms with Gasteiger partial charge in [0.05, 0.1) is 0 Å². The van der Waals surface area contributed by atoms with Crippen LogP contribution in [0.2, 0.25) is 0 Å². The van der Waals surface area contributed by atoms with Crippen LogP contribution in [0.3, 0.4) is 0 Å². The highest BCUT2D eigenvalue weighted by atomic mass is 32.2. The molecule has 3 aromatic rings. The van der Waals surface area contributed by atoms with Crippen LogP contribution in [-0.2, 0) is 12.2 Å². The molecule has 3 rings (SSSR count). The maximum Gasteiger partial charge on any atom is 0.223 e. The molecule has 0 aliphatic carbocycles. The van der Waals surface area contributed by atoms with Gasteiger partial charge in [-0.25, -0.2) is 18.2 Å². The fraction of sp³-hybridized carbons (Fsp3) is 0.158. The molecule has 0 radical (unpaired) electrons. The minimum Gasteiger partial charge on any atom is -0.436 e. The predicted molar refractivity (Wildman–Crippen MR) is 93.8 cm³/mol. The smallest absolute Gasteiger partial charge is 0.223 e. The quantitative estimate of drug-likeness (QED) is 0.418. The summed E-state index contributed by atoms with van der Waals surface area (Å²) >= 11 is 1.15. The molecule has 0 atom stereocenters. The normalized spacial score (nSPS) is 10.8. The van der Waals surface area contributed by atoms with E-state index in [1.807, 2.05) is 6.92 Å². The van der Waals surface area contributed by atoms with Crippen molar-refractivity contribution in [2.24, 2.45) is 0 Å². The summed E-state index contributed by atoms with van der Waals surface area (Å²) < 4.78 is 46.3. The highest BCUT2D eigenvalue weighted by Gasteiger charge is 2.11. The molecule has 2 aromatic carbocycles. The van der Waals surface area contributed by atoms with E-state index >= 15 is 0 Å². The molecule has 7 heteroatoms. The van der Waals surface area contributed by atoms with E-state index < -0.39 is 17.5 Å². The molecule has 26 heavy (non-hydrogen) atoms. The summed E-state index contributed by atoms with van der Waals surface area (Å²) in [7, 11) is 0. The SMILES string of the molecule is CCc1cc(Oc2ccccc2F)nc(SCc2cc(F)ccc2F)n1. The Morgan fingerprint density at radius 2 is 1.77 bits per heavy atom. The van der Waals surface area contributed by atoms with Gasteiger partial charge in [0.2, 0.25) is 5.88 Å². The molecule has 0 spiro atoms. The lowest BCUT2D eigenvalue weighted by molar-refractivity contribution is 0.421. The van der Waals surface area contributed by atoms with Crippen molar-refractivity contribution in [3.8, 4) is 11.6 Å². The third-order valence-electron chi connectivity index (χ3n) is 3.51. The van der Waals surface area contributed by atoms with E-state index in [4.69, 9.17) is 4.74 Å². The van der Waals surface area contributed by atoms with Gasteiger partial charge < -0.3 is 4.74 Å². The van der Waals surface area contributed by atoms with Gasteiger partial charge in [-0.15, -0.1) is 0 Å². The predicted octanol–water partition coefficient (Wildman–Crippen LogP) is 5.54. The molecule has 0 N–H and O–H groups in total. The molecule has 0 bridgehead atoms. The van der Waals surface area contributed by atoms with Gasteiger partial charge >= 0.3 is 0 Å². The van der Waals surface area contributed by atoms with Crippen molar-refractivity contribution >= 4 is 11.8 Å². The van der Waals surface area contributed by atoms with Crippen LogP contribution in [0.15, 0.2) is 53.7 Å². The molecule has 0 amide bonds. The summed E-state index contributed by atoms with van der Waals surface area (Å²) in [5.41, 5.74) is 0.922. The first-order chi connectivity index (χ1) is 12.5. The lowest BCUT2D eigenvalue weighted by atomic mass is 10.2. The first-order valence-electron chi connectivity index (χ1n) is 7.92. The third kappa shape index (κ3) is 4.54. The van der Waals surface area contributed by atoms with Crippen LogP contribution < -0.4 is 4.74 Å². The number of nitrogens with zero attached hydrogens (tertiary/aromatic N) is 2. The third-order valence-corrected chi connectivity index (χ3v) is 4.41. The Kier molecular flexibility index (Phi) is 5.78. The van der Waals surface area contributed by atoms with E-state index in [0.29, 0.717) is 17.3 Å². The van der Waals surface area contributed by atoms with Gasteiger partial charge in [-0.1, -0.05) is 30.8 Å². The number of hydrogen-bond acceptors (Lipinski definition) is 4. The molecule has 3 nitrogen and oxygen atoms in total. The highest BCUT2D eigenvalue weighted by molar-refractivity contribution is 7.98. The molecular formula is C19H15F3N2OS. The first-order valence-corrected chi connectivity index (χ1v) is 8.90. The molecule has 0 saturated carbocycles. The van der Waals surface area contributed by atoms with Crippen molar-refractivity contribution in [1.29, 1.82) is 0 Å². The summed E-state index contributed by atoms with van der Waals surface area (Å²) in [5, 5.41) is 0.347. The van der Waals surface area contributed by atoms with Crippen molar-refractivity contribution in [2.45, 2.75) is 24.3 Å². The maximum absolute atomic E-state index is 13.8. The van der Waals surface area contributed by atoms with Gasteiger partial charge in [-0.05, 0) is 36.8 Å². The van der Waals surface area contributed by atoms with Gasteiger partial charge in [0.25, 0.3) is 0 Å². The molecule has 0 saturated heterocycles. The monoisotopic (exact) mass is 376 g/mol. The number of halogens is 3. The fourth-order valence-electron chi connectivity index (χ4n) is 2.18. The summed E-state index contributed by atoms with van der Waals surface area (Å²) in [6.45, 7) is 1.91. The largest absolute Gasteiger partial charge is 0.436 e. The van der Waals surface area contributed by atoms with E-state index in [9.17, 15) is 13.2 Å². The average molecular weight is 376 g/mol. The number of para-hydroxylation sites is 1. The number of rotatable bonds is 6. The molecule has 0 aliphatic heterocycles. The second kappa shape index (κ2) is 8.23. The lowest BCUT2D eigenvalue weighted by Gasteiger charge is -2.09. The lowest BCUT2D eigenvalue weighted by Crippen LogP contribution is -1.99. The minimum atomic E-state index is -0.506. The number of aromatic nitrogens is 2. The number of aryl methyl sites for hydroxylation is 1. The van der Waals surface area contributed by atoms with Crippen LogP contribution in [0.5, 0.6) is 11.6 Å². The van der Waals surface area contributed by atoms with E-state index in [1.54, 1.807) is 18.2 Å². The van der Waals surface area contributed by atoms with Gasteiger partial charge in [0.15, 0.2) is 16.7 Å². The summed E-state index contributed by atoms with van der Waals surface area (Å²) in [6, 6.07) is 10.9. The standard InChI is InChI=1S/C19H15F3N2OS/c1-2-14-10-18(25-17-6-4-3-5-16(17)22)24-19(23-14)26-11-12-9-13(20)7-8-15(12)21/h3-10H,2,11H2,1H3. The number of ether oxygens (including phenoxy) is 1. The van der Waals surface area contributed by atoms with E-state index in [2.05, 4.69) is 9.97 Å². The van der Waals surface area contributed by atoms with Gasteiger partial charge in [-0.2, -0.15) is 4.98 Å². The highest BCUT2D eigenvalue weighted by Crippen LogP contribution is 2.27. The van der Waals surface area contributed by atoms with Gasteiger partial charge in [0.1, 0.15) is 11.6 Å². The molecule has 1 heterocycles. The fourth-order valence-corrected chi connectivity index (χ4v) is 3.03. The zero-order valence-electron chi connectivity index (χ0n) is 13.9. The zero-order valence-corrected chi connectivity index (χ0v) is 14.7. The summed E-state index contributed by atoms with van der Waals surface area (Å²) in [5.74, 6) is -1.08. The average Bonchev–Trinajstić information content (AvgIpc) is 2.64. The van der Waals surface area contributed by atoms with E-state index in [-0.39, 0.29) is 22.9 Å². The molecule has 134 valence electrons. The molecular weight excluding hydrogens is 361 g/mol. The van der Waals surface area contributed by atoms with Crippen molar-refractivity contribution in [2.75, 3.05) is 0 Å². The zero-order chi connectivity index (χ0) is 18.5. The van der Waals surface area contributed by atoms with Gasteiger partial charge in [0, 0.05) is 23.1 Å². The first kappa shape index (κ1) is 18.3. The second-order valence-corrected chi connectivity index (χ2v) is 6.33. The van der Waals surface area contributed by atoms with Crippen LogP contribution in [0.4, 0.5) is 13.2 Å². The van der Waals surface area contributed by atoms with Crippen LogP contribution in [0, 0.1) is 17.5 Å². The summed E-state index contributed by atoms with van der Waals surface area (Å²) in [6.07, 6.45) is 0.623. The molecule has 0 aliphatic rings. The second-order valence-electron chi connectivity index (χ2n) is 5.39. The Hall–Kier alpha value is -2.54. The maximum atomic E-state index is 13.8. The van der Waals surface area contributed by atoms with Crippen LogP contribution in [0.1, 0.15) is 18.2 Å². The topological polar surface area (TPSA) is 35.0 Å². The Bertz CT molecular complexity index is 921. The molecule has 0 unspecified atom stereocenters. The molecule has 0 fully saturated rings. The Balaban J connectivity index is 1.81. The van der Waals surface area contributed by atoms with Crippen molar-refractivity contribution in [1.82, 2.24) is 9.97 Å². The molecule has 1 aromatic heterocycles. The Morgan fingerprint density at radius 1 is 0.962 bits per heavy atom. The van der Waals surface area contributed by atoms with Crippen LogP contribution in [-0.4, -0.2) is 9.97 Å². The Morgan fingerprint density at radius 3 is 2.54 bits per heavy atom. The summed E-state index contributed by atoms with van der Waals surface area (Å²) in [4.78, 5) is 8.58. The Labute approximate surface area is 153 Å². The van der Waals surface area contributed by atoms with Crippen LogP contribution >= 0.6 is 11.8 Å². The van der Waals surface area contributed by atoms with E-state index in [0.717, 1.165) is 30.0 Å².